The topological polar surface area (TPSA) is 63.6 Å². The van der Waals surface area contributed by atoms with Crippen LogP contribution in [0.4, 0.5) is 0 Å². The molecule has 1 N–H and O–H groups in total. The Morgan fingerprint density at radius 3 is 2.71 bits per heavy atom. The lowest BCUT2D eigenvalue weighted by Crippen LogP contribution is -1.97. The first-order valence-electron chi connectivity index (χ1n) is 4.80. The zero-order valence-electron chi connectivity index (χ0n) is 9.14. The largest absolute Gasteiger partial charge is 0.478 e. The van der Waals surface area contributed by atoms with Crippen LogP contribution in [0.1, 0.15) is 22.3 Å². The first kappa shape index (κ1) is 13.4. The van der Waals surface area contributed by atoms with Gasteiger partial charge >= 0.3 is 11.9 Å². The molecule has 4 nitrogen and oxygen atoms in total. The Kier molecular flexibility index (Phi) is 4.90. The Bertz CT molecular complexity index is 466. The Balaban J connectivity index is 2.84. The van der Waals surface area contributed by atoms with Crippen molar-refractivity contribution < 1.29 is 19.4 Å². The van der Waals surface area contributed by atoms with Gasteiger partial charge in [-0.2, -0.15) is 0 Å². The number of hydrogen-bond donors (Lipinski definition) is 1. The summed E-state index contributed by atoms with van der Waals surface area (Å²) in [6.45, 7) is 0. The molecule has 17 heavy (non-hydrogen) atoms. The van der Waals surface area contributed by atoms with Crippen molar-refractivity contribution in [2.24, 2.45) is 0 Å². The van der Waals surface area contributed by atoms with Crippen LogP contribution in [0.2, 0.25) is 0 Å². The fourth-order valence-electron chi connectivity index (χ4n) is 1.21. The number of methoxy groups -OCH3 is 1. The van der Waals surface area contributed by atoms with Crippen LogP contribution in [0.5, 0.6) is 0 Å². The summed E-state index contributed by atoms with van der Waals surface area (Å²) in [5.41, 5.74) is 0.901. The van der Waals surface area contributed by atoms with Crippen molar-refractivity contribution in [1.82, 2.24) is 0 Å². The van der Waals surface area contributed by atoms with Gasteiger partial charge in [0.1, 0.15) is 0 Å². The Morgan fingerprint density at radius 1 is 1.41 bits per heavy atom. The summed E-state index contributed by atoms with van der Waals surface area (Å²) >= 11 is 3.23. The van der Waals surface area contributed by atoms with Crippen LogP contribution >= 0.6 is 15.9 Å². The van der Waals surface area contributed by atoms with Gasteiger partial charge in [0.05, 0.1) is 19.1 Å². The van der Waals surface area contributed by atoms with Gasteiger partial charge in [-0.25, -0.2) is 4.79 Å². The second-order valence-electron chi connectivity index (χ2n) is 3.26. The third-order valence-electron chi connectivity index (χ3n) is 1.99. The molecule has 0 aliphatic rings. The monoisotopic (exact) mass is 298 g/mol. The van der Waals surface area contributed by atoms with E-state index in [1.807, 2.05) is 0 Å². The van der Waals surface area contributed by atoms with E-state index in [0.29, 0.717) is 10.0 Å². The molecule has 0 heterocycles. The fraction of sp³-hybridized carbons (Fsp3) is 0.167. The molecule has 0 amide bonds. The normalized spacial score (nSPS) is 10.5. The van der Waals surface area contributed by atoms with Crippen molar-refractivity contribution in [3.63, 3.8) is 0 Å². The summed E-state index contributed by atoms with van der Waals surface area (Å²) < 4.78 is 5.16. The molecule has 0 aliphatic carbocycles. The quantitative estimate of drug-likeness (QED) is 0.868. The van der Waals surface area contributed by atoms with Gasteiger partial charge in [0.2, 0.25) is 0 Å². The minimum absolute atomic E-state index is 0.158. The first-order chi connectivity index (χ1) is 8.02. The lowest BCUT2D eigenvalue weighted by atomic mass is 10.1. The van der Waals surface area contributed by atoms with E-state index in [1.54, 1.807) is 18.2 Å². The fourth-order valence-corrected chi connectivity index (χ4v) is 1.72. The molecule has 0 fully saturated rings. The van der Waals surface area contributed by atoms with Gasteiger partial charge in [0, 0.05) is 4.47 Å². The van der Waals surface area contributed by atoms with E-state index in [9.17, 15) is 9.59 Å². The Labute approximate surface area is 107 Å². The van der Waals surface area contributed by atoms with E-state index >= 15 is 0 Å². The van der Waals surface area contributed by atoms with Crippen molar-refractivity contribution in [3.05, 3.63) is 39.9 Å². The summed E-state index contributed by atoms with van der Waals surface area (Å²) in [5, 5.41) is 8.87. The number of halogens is 1. The molecule has 0 bridgehead atoms. The molecule has 0 atom stereocenters. The van der Waals surface area contributed by atoms with Crippen LogP contribution in [-0.4, -0.2) is 24.2 Å². The number of carbonyl (C=O) groups excluding carboxylic acids is 1. The number of hydrogen-bond acceptors (Lipinski definition) is 3. The number of carbonyl (C=O) groups is 2. The van der Waals surface area contributed by atoms with Crippen LogP contribution < -0.4 is 0 Å². The van der Waals surface area contributed by atoms with E-state index in [4.69, 9.17) is 5.11 Å². The van der Waals surface area contributed by atoms with E-state index in [1.165, 1.54) is 19.2 Å². The van der Waals surface area contributed by atoms with Crippen molar-refractivity contribution in [1.29, 1.82) is 0 Å². The number of carboxylic acid groups (broad SMARTS) is 1. The van der Waals surface area contributed by atoms with Gasteiger partial charge in [-0.1, -0.05) is 28.1 Å². The summed E-state index contributed by atoms with van der Waals surface area (Å²) in [4.78, 5) is 21.7. The summed E-state index contributed by atoms with van der Waals surface area (Å²) in [6.07, 6.45) is 3.46. The van der Waals surface area contributed by atoms with Crippen LogP contribution in [0.15, 0.2) is 28.7 Å². The van der Waals surface area contributed by atoms with Crippen LogP contribution in [0, 0.1) is 0 Å². The molecular weight excluding hydrogens is 288 g/mol. The SMILES string of the molecule is COC(=O)CC=Cc1cc(Br)cc(C(=O)O)c1. The first-order valence-corrected chi connectivity index (χ1v) is 5.59. The van der Waals surface area contributed by atoms with Crippen molar-refractivity contribution in [3.8, 4) is 0 Å². The number of esters is 1. The van der Waals surface area contributed by atoms with E-state index in [2.05, 4.69) is 20.7 Å². The van der Waals surface area contributed by atoms with Crippen molar-refractivity contribution in [2.75, 3.05) is 7.11 Å². The maximum atomic E-state index is 10.9. The molecule has 0 radical (unpaired) electrons. The average Bonchev–Trinajstić information content (AvgIpc) is 2.28. The minimum Gasteiger partial charge on any atom is -0.478 e. The molecule has 1 aromatic carbocycles. The minimum atomic E-state index is -0.992. The van der Waals surface area contributed by atoms with E-state index in [0.717, 1.165) is 0 Å². The van der Waals surface area contributed by atoms with E-state index < -0.39 is 5.97 Å². The zero-order valence-corrected chi connectivity index (χ0v) is 10.7. The maximum absolute atomic E-state index is 10.9. The van der Waals surface area contributed by atoms with Crippen LogP contribution in [0.3, 0.4) is 0 Å². The molecule has 0 saturated heterocycles. The van der Waals surface area contributed by atoms with Crippen LogP contribution in [0.25, 0.3) is 6.08 Å². The maximum Gasteiger partial charge on any atom is 0.335 e. The van der Waals surface area contributed by atoms with Gasteiger partial charge in [-0.15, -0.1) is 0 Å². The predicted octanol–water partition coefficient (Wildman–Crippen LogP) is 2.72. The number of ether oxygens (including phenoxy) is 1. The highest BCUT2D eigenvalue weighted by atomic mass is 79.9. The predicted molar refractivity (Wildman–Crippen MR) is 66.8 cm³/mol. The standard InChI is InChI=1S/C12H11BrO4/c1-17-11(14)4-2-3-8-5-9(12(15)16)7-10(13)6-8/h2-3,5-7H,4H2,1H3,(H,15,16). The lowest BCUT2D eigenvalue weighted by molar-refractivity contribution is -0.139. The smallest absolute Gasteiger partial charge is 0.335 e. The summed E-state index contributed by atoms with van der Waals surface area (Å²) in [5.74, 6) is -1.33. The van der Waals surface area contributed by atoms with Crippen molar-refractivity contribution in [2.45, 2.75) is 6.42 Å². The summed E-state index contributed by atoms with van der Waals surface area (Å²) in [7, 11) is 1.32. The molecule has 0 saturated carbocycles. The molecule has 5 heteroatoms. The second kappa shape index (κ2) is 6.20. The molecule has 90 valence electrons. The van der Waals surface area contributed by atoms with Gasteiger partial charge in [0.25, 0.3) is 0 Å². The molecule has 1 rings (SSSR count). The highest BCUT2D eigenvalue weighted by molar-refractivity contribution is 9.10. The molecule has 0 unspecified atom stereocenters. The molecule has 0 spiro atoms. The Morgan fingerprint density at radius 2 is 2.12 bits per heavy atom. The van der Waals surface area contributed by atoms with Crippen molar-refractivity contribution >= 4 is 33.9 Å². The average molecular weight is 299 g/mol. The van der Waals surface area contributed by atoms with Gasteiger partial charge in [0.15, 0.2) is 0 Å². The van der Waals surface area contributed by atoms with Gasteiger partial charge < -0.3 is 9.84 Å². The Hall–Kier alpha value is -1.62. The highest BCUT2D eigenvalue weighted by Crippen LogP contribution is 2.17. The van der Waals surface area contributed by atoms with Gasteiger partial charge in [-0.3, -0.25) is 4.79 Å². The second-order valence-corrected chi connectivity index (χ2v) is 4.18. The number of rotatable bonds is 4. The molecule has 0 aliphatic heterocycles. The lowest BCUT2D eigenvalue weighted by Gasteiger charge is -1.99. The van der Waals surface area contributed by atoms with Crippen LogP contribution in [-0.2, 0) is 9.53 Å². The zero-order chi connectivity index (χ0) is 12.8. The number of benzene rings is 1. The van der Waals surface area contributed by atoms with Gasteiger partial charge in [-0.05, 0) is 23.8 Å². The highest BCUT2D eigenvalue weighted by Gasteiger charge is 2.04. The summed E-state index contributed by atoms with van der Waals surface area (Å²) in [6, 6.07) is 4.81. The molecule has 0 aromatic heterocycles. The number of carboxylic acids is 1. The van der Waals surface area contributed by atoms with E-state index in [-0.39, 0.29) is 18.0 Å². The third-order valence-corrected chi connectivity index (χ3v) is 2.45. The third kappa shape index (κ3) is 4.40. The molecule has 1 aromatic rings. The molecular formula is C12H11BrO4. The number of aromatic carboxylic acids is 1.